The number of likely N-dealkylation sites (tertiary alicyclic amines) is 1. The zero-order valence-corrected chi connectivity index (χ0v) is 26.5. The first kappa shape index (κ1) is 32.4. The minimum absolute atomic E-state index is 0.0451. The number of hydrogen-bond acceptors (Lipinski definition) is 9. The van der Waals surface area contributed by atoms with Crippen LogP contribution in [0.3, 0.4) is 0 Å². The van der Waals surface area contributed by atoms with Crippen LogP contribution in [0.4, 0.5) is 27.3 Å². The Labute approximate surface area is 269 Å². The molecule has 3 heterocycles. The summed E-state index contributed by atoms with van der Waals surface area (Å²) in [5, 5.41) is 7.01. The third-order valence-electron chi connectivity index (χ3n) is 8.10. The summed E-state index contributed by atoms with van der Waals surface area (Å²) in [4.78, 5) is 29.0. The molecule has 1 aromatic heterocycles. The van der Waals surface area contributed by atoms with E-state index in [9.17, 15) is 4.79 Å². The summed E-state index contributed by atoms with van der Waals surface area (Å²) in [5.74, 6) is 1.62. The molecule has 5 rings (SSSR count). The van der Waals surface area contributed by atoms with Gasteiger partial charge in [0.15, 0.2) is 5.82 Å². The first-order chi connectivity index (χ1) is 22.2. The SMILES string of the molecule is C=CC(=O)N1CCC(Nc2cc(C(N)=Nc3ccc(Oc4ccnc(N5C[C@@H](C)N[C@@H](C)C5)c4)cc3F)c(N=C)cc2OC)CC1. The Morgan fingerprint density at radius 1 is 1.11 bits per heavy atom. The van der Waals surface area contributed by atoms with E-state index in [0.717, 1.165) is 31.7 Å². The number of piperidine rings is 1. The van der Waals surface area contributed by atoms with Gasteiger partial charge < -0.3 is 35.6 Å². The summed E-state index contributed by atoms with van der Waals surface area (Å²) in [6, 6.07) is 12.3. The summed E-state index contributed by atoms with van der Waals surface area (Å²) in [5.41, 5.74) is 8.07. The number of nitrogens with two attached hydrogens (primary N) is 1. The Balaban J connectivity index is 1.32. The van der Waals surface area contributed by atoms with Crippen LogP contribution in [-0.4, -0.2) is 79.8 Å². The third kappa shape index (κ3) is 7.63. The number of methoxy groups -OCH3 is 1. The van der Waals surface area contributed by atoms with E-state index in [0.29, 0.717) is 59.4 Å². The summed E-state index contributed by atoms with van der Waals surface area (Å²) in [7, 11) is 1.56. The topological polar surface area (TPSA) is 130 Å². The molecule has 0 unspecified atom stereocenters. The third-order valence-corrected chi connectivity index (χ3v) is 8.10. The van der Waals surface area contributed by atoms with Crippen molar-refractivity contribution in [2.45, 2.75) is 44.8 Å². The summed E-state index contributed by atoms with van der Waals surface area (Å²) in [6.45, 7) is 14.4. The molecular formula is C34H41FN8O3. The number of benzene rings is 2. The molecule has 2 saturated heterocycles. The number of carbonyl (C=O) groups is 1. The van der Waals surface area contributed by atoms with Crippen LogP contribution in [0.2, 0.25) is 0 Å². The van der Waals surface area contributed by atoms with Gasteiger partial charge in [0.05, 0.1) is 18.5 Å². The molecule has 46 heavy (non-hydrogen) atoms. The predicted octanol–water partition coefficient (Wildman–Crippen LogP) is 5.17. The fraction of sp³-hybridized carbons (Fsp3) is 0.353. The molecule has 2 atom stereocenters. The van der Waals surface area contributed by atoms with Crippen LogP contribution in [-0.2, 0) is 4.79 Å². The minimum Gasteiger partial charge on any atom is -0.495 e. The lowest BCUT2D eigenvalue weighted by Gasteiger charge is -2.36. The lowest BCUT2D eigenvalue weighted by atomic mass is 10.0. The van der Waals surface area contributed by atoms with E-state index in [1.165, 1.54) is 18.2 Å². The molecule has 3 aromatic rings. The second-order valence-corrected chi connectivity index (χ2v) is 11.6. The Morgan fingerprint density at radius 3 is 2.48 bits per heavy atom. The Morgan fingerprint density at radius 2 is 1.83 bits per heavy atom. The van der Waals surface area contributed by atoms with Gasteiger partial charge in [-0.05, 0) is 63.7 Å². The summed E-state index contributed by atoms with van der Waals surface area (Å²) < 4.78 is 26.9. The molecular weight excluding hydrogens is 587 g/mol. The highest BCUT2D eigenvalue weighted by molar-refractivity contribution is 6.04. The van der Waals surface area contributed by atoms with Crippen molar-refractivity contribution in [2.75, 3.05) is 43.5 Å². The van der Waals surface area contributed by atoms with Gasteiger partial charge in [0, 0.05) is 74.3 Å². The van der Waals surface area contributed by atoms with Crippen molar-refractivity contribution in [2.24, 2.45) is 15.7 Å². The maximum Gasteiger partial charge on any atom is 0.245 e. The van der Waals surface area contributed by atoms with Gasteiger partial charge in [-0.3, -0.25) is 9.79 Å². The number of pyridine rings is 1. The van der Waals surface area contributed by atoms with E-state index in [1.807, 2.05) is 6.07 Å². The largest absolute Gasteiger partial charge is 0.495 e. The molecule has 2 aliphatic heterocycles. The number of rotatable bonds is 10. The number of nitrogens with one attached hydrogen (secondary N) is 2. The summed E-state index contributed by atoms with van der Waals surface area (Å²) in [6.07, 6.45) is 4.52. The smallest absolute Gasteiger partial charge is 0.245 e. The predicted molar refractivity (Wildman–Crippen MR) is 181 cm³/mol. The van der Waals surface area contributed by atoms with Crippen molar-refractivity contribution in [1.29, 1.82) is 0 Å². The van der Waals surface area contributed by atoms with Gasteiger partial charge in [-0.15, -0.1) is 0 Å². The fourth-order valence-corrected chi connectivity index (χ4v) is 5.90. The average Bonchev–Trinajstić information content (AvgIpc) is 3.05. The number of ether oxygens (including phenoxy) is 2. The van der Waals surface area contributed by atoms with Crippen LogP contribution in [0.25, 0.3) is 0 Å². The van der Waals surface area contributed by atoms with E-state index in [1.54, 1.807) is 42.5 Å². The fourth-order valence-electron chi connectivity index (χ4n) is 5.90. The van der Waals surface area contributed by atoms with Crippen LogP contribution >= 0.6 is 0 Å². The number of halogens is 1. The number of anilines is 2. The van der Waals surface area contributed by atoms with E-state index in [-0.39, 0.29) is 23.5 Å². The highest BCUT2D eigenvalue weighted by Crippen LogP contribution is 2.35. The Kier molecular flexibility index (Phi) is 10.2. The number of amides is 1. The van der Waals surface area contributed by atoms with Crippen LogP contribution in [0, 0.1) is 5.82 Å². The number of hydrogen-bond donors (Lipinski definition) is 3. The zero-order chi connectivity index (χ0) is 32.8. The molecule has 242 valence electrons. The number of carbonyl (C=O) groups excluding carboxylic acids is 1. The first-order valence-electron chi connectivity index (χ1n) is 15.3. The van der Waals surface area contributed by atoms with Crippen molar-refractivity contribution in [3.8, 4) is 17.2 Å². The molecule has 0 saturated carbocycles. The van der Waals surface area contributed by atoms with Crippen molar-refractivity contribution >= 4 is 41.3 Å². The molecule has 0 aliphatic carbocycles. The van der Waals surface area contributed by atoms with Gasteiger partial charge >= 0.3 is 0 Å². The second kappa shape index (κ2) is 14.4. The number of amidine groups is 1. The van der Waals surface area contributed by atoms with Gasteiger partial charge in [0.25, 0.3) is 0 Å². The van der Waals surface area contributed by atoms with E-state index in [2.05, 4.69) is 57.6 Å². The molecule has 1 amide bonds. The van der Waals surface area contributed by atoms with Crippen molar-refractivity contribution < 1.29 is 18.7 Å². The Bertz CT molecular complexity index is 1610. The molecule has 11 nitrogen and oxygen atoms in total. The summed E-state index contributed by atoms with van der Waals surface area (Å²) >= 11 is 0. The highest BCUT2D eigenvalue weighted by Gasteiger charge is 2.24. The lowest BCUT2D eigenvalue weighted by molar-refractivity contribution is -0.126. The number of piperazine rings is 1. The maximum atomic E-state index is 15.3. The van der Waals surface area contributed by atoms with Crippen LogP contribution in [0.15, 0.2) is 71.3 Å². The van der Waals surface area contributed by atoms with Gasteiger partial charge in [0.2, 0.25) is 5.91 Å². The number of nitrogens with zero attached hydrogens (tertiary/aromatic N) is 5. The minimum atomic E-state index is -0.597. The quantitative estimate of drug-likeness (QED) is 0.159. The van der Waals surface area contributed by atoms with Gasteiger partial charge in [-0.2, -0.15) is 0 Å². The molecule has 12 heteroatoms. The van der Waals surface area contributed by atoms with Crippen LogP contribution < -0.4 is 30.7 Å². The van der Waals surface area contributed by atoms with Gasteiger partial charge in [-0.25, -0.2) is 14.4 Å². The van der Waals surface area contributed by atoms with Crippen molar-refractivity contribution in [3.05, 3.63) is 72.7 Å². The highest BCUT2D eigenvalue weighted by atomic mass is 19.1. The van der Waals surface area contributed by atoms with Crippen LogP contribution in [0.1, 0.15) is 32.3 Å². The molecule has 2 aromatic carbocycles. The standard InChI is InChI=1S/C34H41FN8O3/c1-6-33(44)42-13-10-23(11-14-42)40-30-17-26(29(37-4)18-31(30)45-5)34(36)41-28-8-7-24(15-27(28)35)46-25-9-12-38-32(16-25)43-19-21(2)39-22(3)20-43/h6-9,12,15-18,21-23,39-40H,1,4,10-11,13-14,19-20H2,2-3,5H3,(H2,36,41)/t21-,22+. The molecule has 4 N–H and O–H groups in total. The normalized spacial score (nSPS) is 19.0. The van der Waals surface area contributed by atoms with Gasteiger partial charge in [0.1, 0.15) is 34.6 Å². The van der Waals surface area contributed by atoms with Crippen molar-refractivity contribution in [1.82, 2.24) is 15.2 Å². The van der Waals surface area contributed by atoms with E-state index < -0.39 is 5.82 Å². The molecule has 2 aliphatic rings. The van der Waals surface area contributed by atoms with E-state index >= 15 is 4.39 Å². The van der Waals surface area contributed by atoms with Crippen molar-refractivity contribution in [3.63, 3.8) is 0 Å². The molecule has 0 spiro atoms. The average molecular weight is 629 g/mol. The zero-order valence-electron chi connectivity index (χ0n) is 26.5. The van der Waals surface area contributed by atoms with E-state index in [4.69, 9.17) is 15.2 Å². The lowest BCUT2D eigenvalue weighted by Crippen LogP contribution is -2.54. The maximum absolute atomic E-state index is 15.3. The van der Waals surface area contributed by atoms with Gasteiger partial charge in [-0.1, -0.05) is 6.58 Å². The number of aliphatic imine (C=N–C) groups is 2. The molecule has 0 bridgehead atoms. The molecule has 2 fully saturated rings. The van der Waals surface area contributed by atoms with Crippen LogP contribution in [0.5, 0.6) is 17.2 Å². The monoisotopic (exact) mass is 628 g/mol. The number of aromatic nitrogens is 1. The molecule has 0 radical (unpaired) electrons. The Hall–Kier alpha value is -4.97. The second-order valence-electron chi connectivity index (χ2n) is 11.6. The first-order valence-corrected chi connectivity index (χ1v) is 15.3.